The van der Waals surface area contributed by atoms with Crippen LogP contribution in [0.3, 0.4) is 0 Å². The molecule has 7 atom stereocenters. The van der Waals surface area contributed by atoms with E-state index in [2.05, 4.69) is 29.1 Å². The first-order valence-electron chi connectivity index (χ1n) is 17.1. The van der Waals surface area contributed by atoms with Crippen LogP contribution in [-0.2, 0) is 19.1 Å². The van der Waals surface area contributed by atoms with Crippen LogP contribution in [-0.4, -0.2) is 76.6 Å². The third-order valence-electron chi connectivity index (χ3n) is 10.2. The zero-order valence-corrected chi connectivity index (χ0v) is 30.3. The van der Waals surface area contributed by atoms with Crippen LogP contribution >= 0.6 is 15.9 Å². The molecule has 2 bridgehead atoms. The van der Waals surface area contributed by atoms with E-state index < -0.39 is 48.1 Å². The minimum absolute atomic E-state index is 0.186. The molecule has 3 heterocycles. The van der Waals surface area contributed by atoms with Crippen molar-refractivity contribution in [3.05, 3.63) is 115 Å². The van der Waals surface area contributed by atoms with E-state index in [0.29, 0.717) is 35.7 Å². The summed E-state index contributed by atoms with van der Waals surface area (Å²) in [5.74, 6) is -2.25. The molecule has 3 aliphatic heterocycles. The molecule has 1 spiro atoms. The smallest absolute Gasteiger partial charge is 0.253 e. The molecule has 3 aromatic rings. The highest BCUT2D eigenvalue weighted by atomic mass is 79.9. The standard InChI is InChI=1S/C40H44BrN3O6/c1-6-20-42(28-16-18-29(19-17-28)49-8-3)37(46)33-34-38(47)44(32(24-45)27-12-10-9-11-13-27)36(40(34)23-30(41)35(33)50-40)39(48)43(21-7-2)31-22-25(4)14-15-26(31)5/h6-7,9-19,22,30,32-36,45H,1-2,8,20-21,23-24H2,3-5H3/t30?,32-,33+,34+,35+,36?,40?/m1/s1. The van der Waals surface area contributed by atoms with Crippen molar-refractivity contribution >= 4 is 45.0 Å². The Morgan fingerprint density at radius 1 is 1.04 bits per heavy atom. The molecule has 10 heteroatoms. The number of carbonyl (C=O) groups is 3. The average Bonchev–Trinajstić information content (AvgIpc) is 3.71. The molecule has 6 rings (SSSR count). The maximum Gasteiger partial charge on any atom is 0.253 e. The molecule has 0 aliphatic carbocycles. The third kappa shape index (κ3) is 5.97. The fourth-order valence-electron chi connectivity index (χ4n) is 8.11. The molecule has 3 unspecified atom stereocenters. The zero-order chi connectivity index (χ0) is 35.7. The maximum atomic E-state index is 15.2. The number of hydrogen-bond donors (Lipinski definition) is 1. The van der Waals surface area contributed by atoms with Gasteiger partial charge in [-0.1, -0.05) is 70.5 Å². The molecule has 9 nitrogen and oxygen atoms in total. The van der Waals surface area contributed by atoms with Crippen molar-refractivity contribution in [2.24, 2.45) is 11.8 Å². The summed E-state index contributed by atoms with van der Waals surface area (Å²) in [7, 11) is 0. The first-order valence-corrected chi connectivity index (χ1v) is 18.0. The van der Waals surface area contributed by atoms with Crippen molar-refractivity contribution in [1.29, 1.82) is 0 Å². The lowest BCUT2D eigenvalue weighted by Crippen LogP contribution is -2.58. The fourth-order valence-corrected chi connectivity index (χ4v) is 9.05. The minimum Gasteiger partial charge on any atom is -0.494 e. The number of aliphatic hydroxyl groups excluding tert-OH is 1. The predicted octanol–water partition coefficient (Wildman–Crippen LogP) is 5.92. The monoisotopic (exact) mass is 741 g/mol. The van der Waals surface area contributed by atoms with Crippen molar-refractivity contribution in [2.45, 2.75) is 55.8 Å². The summed E-state index contributed by atoms with van der Waals surface area (Å²) in [6.45, 7) is 14.1. The average molecular weight is 743 g/mol. The number of anilines is 2. The van der Waals surface area contributed by atoms with Crippen molar-refractivity contribution in [3.8, 4) is 5.75 Å². The Kier molecular flexibility index (Phi) is 10.3. The second kappa shape index (κ2) is 14.5. The van der Waals surface area contributed by atoms with Crippen LogP contribution in [0.1, 0.15) is 36.1 Å². The molecule has 3 amide bonds. The molecule has 3 saturated heterocycles. The van der Waals surface area contributed by atoms with E-state index in [-0.39, 0.29) is 29.7 Å². The van der Waals surface area contributed by atoms with Gasteiger partial charge in [0.2, 0.25) is 11.8 Å². The van der Waals surface area contributed by atoms with Crippen molar-refractivity contribution in [2.75, 3.05) is 36.1 Å². The summed E-state index contributed by atoms with van der Waals surface area (Å²) in [5.41, 5.74) is 2.52. The van der Waals surface area contributed by atoms with Gasteiger partial charge in [0.25, 0.3) is 5.91 Å². The molecule has 1 N–H and O–H groups in total. The third-order valence-corrected chi connectivity index (χ3v) is 11.1. The van der Waals surface area contributed by atoms with Gasteiger partial charge in [-0.15, -0.1) is 13.2 Å². The molecule has 0 aromatic heterocycles. The van der Waals surface area contributed by atoms with Crippen LogP contribution in [0.5, 0.6) is 5.75 Å². The van der Waals surface area contributed by atoms with Gasteiger partial charge in [0.15, 0.2) is 0 Å². The van der Waals surface area contributed by atoms with Crippen LogP contribution in [0.25, 0.3) is 0 Å². The van der Waals surface area contributed by atoms with Crippen LogP contribution < -0.4 is 14.5 Å². The van der Waals surface area contributed by atoms with Crippen molar-refractivity contribution in [1.82, 2.24) is 4.90 Å². The number of aryl methyl sites for hydroxylation is 2. The summed E-state index contributed by atoms with van der Waals surface area (Å²) >= 11 is 3.80. The van der Waals surface area contributed by atoms with E-state index in [0.717, 1.165) is 11.1 Å². The van der Waals surface area contributed by atoms with Crippen LogP contribution in [0.15, 0.2) is 98.1 Å². The first kappa shape index (κ1) is 35.6. The van der Waals surface area contributed by atoms with E-state index in [1.54, 1.807) is 34.1 Å². The second-order valence-electron chi connectivity index (χ2n) is 13.2. The van der Waals surface area contributed by atoms with Crippen molar-refractivity contribution in [3.63, 3.8) is 0 Å². The van der Waals surface area contributed by atoms with Crippen molar-refractivity contribution < 1.29 is 29.0 Å². The Balaban J connectivity index is 1.49. The first-order chi connectivity index (χ1) is 24.1. The van der Waals surface area contributed by atoms with E-state index in [1.165, 1.54) is 4.90 Å². The number of amides is 3. The number of likely N-dealkylation sites (tertiary alicyclic amines) is 1. The number of nitrogens with zero attached hydrogens (tertiary/aromatic N) is 3. The highest BCUT2D eigenvalue weighted by molar-refractivity contribution is 9.09. The molecular formula is C40H44BrN3O6. The Hall–Kier alpha value is -4.25. The van der Waals surface area contributed by atoms with Gasteiger partial charge in [-0.2, -0.15) is 0 Å². The molecule has 0 radical (unpaired) electrons. The second-order valence-corrected chi connectivity index (χ2v) is 14.4. The topological polar surface area (TPSA) is 99.6 Å². The molecule has 3 aromatic carbocycles. The molecule has 262 valence electrons. The summed E-state index contributed by atoms with van der Waals surface area (Å²) in [6.07, 6.45) is 2.97. The van der Waals surface area contributed by atoms with E-state index in [1.807, 2.05) is 81.4 Å². The molecule has 3 aliphatic rings. The van der Waals surface area contributed by atoms with E-state index in [4.69, 9.17) is 9.47 Å². The number of fused-ring (bicyclic) bond motifs is 1. The zero-order valence-electron chi connectivity index (χ0n) is 28.7. The Morgan fingerprint density at radius 2 is 1.72 bits per heavy atom. The predicted molar refractivity (Wildman–Crippen MR) is 197 cm³/mol. The van der Waals surface area contributed by atoms with E-state index in [9.17, 15) is 9.90 Å². The largest absolute Gasteiger partial charge is 0.494 e. The van der Waals surface area contributed by atoms with E-state index >= 15 is 9.59 Å². The van der Waals surface area contributed by atoms with Gasteiger partial charge in [0.05, 0.1) is 37.2 Å². The lowest BCUT2D eigenvalue weighted by molar-refractivity contribution is -0.144. The van der Waals surface area contributed by atoms with Gasteiger partial charge in [-0.25, -0.2) is 0 Å². The number of rotatable bonds is 13. The summed E-state index contributed by atoms with van der Waals surface area (Å²) in [5, 5.41) is 10.9. The van der Waals surface area contributed by atoms with Crippen LogP contribution in [0.2, 0.25) is 0 Å². The summed E-state index contributed by atoms with van der Waals surface area (Å²) in [4.78, 5) is 49.6. The number of hydrogen-bond acceptors (Lipinski definition) is 6. The van der Waals surface area contributed by atoms with Gasteiger partial charge < -0.3 is 29.3 Å². The lowest BCUT2D eigenvalue weighted by Gasteiger charge is -2.40. The normalized spacial score (nSPS) is 25.6. The Labute approximate surface area is 302 Å². The molecule has 3 fully saturated rings. The fraction of sp³-hybridized carbons (Fsp3) is 0.375. The Morgan fingerprint density at radius 3 is 2.36 bits per heavy atom. The lowest BCUT2D eigenvalue weighted by atomic mass is 9.70. The van der Waals surface area contributed by atoms with Gasteiger partial charge in [-0.05, 0) is 74.2 Å². The maximum absolute atomic E-state index is 15.2. The van der Waals surface area contributed by atoms with Gasteiger partial charge in [-0.3, -0.25) is 14.4 Å². The summed E-state index contributed by atoms with van der Waals surface area (Å²) < 4.78 is 12.5. The van der Waals surface area contributed by atoms with Gasteiger partial charge >= 0.3 is 0 Å². The number of alkyl halides is 1. The quantitative estimate of drug-likeness (QED) is 0.173. The highest BCUT2D eigenvalue weighted by Crippen LogP contribution is 2.61. The number of benzene rings is 3. The number of carbonyl (C=O) groups excluding carboxylic acids is 3. The van der Waals surface area contributed by atoms with Gasteiger partial charge in [0, 0.05) is 29.3 Å². The molecule has 0 saturated carbocycles. The summed E-state index contributed by atoms with van der Waals surface area (Å²) in [6, 6.07) is 20.3. The van der Waals surface area contributed by atoms with Gasteiger partial charge in [0.1, 0.15) is 17.4 Å². The molecule has 50 heavy (non-hydrogen) atoms. The number of aliphatic hydroxyl groups is 1. The SMILES string of the molecule is C=CCN(C(=O)[C@H]1[C@H]2C(=O)N([C@H](CO)c3ccccc3)C(C(=O)N(CC=C)c3cc(C)ccc3C)C23CC(Br)[C@@H]1O3)c1ccc(OCC)cc1. The van der Waals surface area contributed by atoms with Crippen LogP contribution in [0, 0.1) is 25.7 Å². The van der Waals surface area contributed by atoms with Crippen LogP contribution in [0.4, 0.5) is 11.4 Å². The Bertz CT molecular complexity index is 1770. The minimum atomic E-state index is -1.34. The highest BCUT2D eigenvalue weighted by Gasteiger charge is 2.77. The number of ether oxygens (including phenoxy) is 2. The molecular weight excluding hydrogens is 698 g/mol. The number of halogens is 1.